The summed E-state index contributed by atoms with van der Waals surface area (Å²) in [7, 11) is 0. The number of fused-ring (bicyclic) bond motifs is 1. The molecule has 21 heavy (non-hydrogen) atoms. The number of hydrogen-bond acceptors (Lipinski definition) is 3. The van der Waals surface area contributed by atoms with Gasteiger partial charge in [0.05, 0.1) is 17.8 Å². The number of nitrogens with zero attached hydrogens (tertiary/aromatic N) is 1. The maximum atomic E-state index is 12.7. The van der Waals surface area contributed by atoms with Crippen LogP contribution in [0.15, 0.2) is 18.2 Å². The lowest BCUT2D eigenvalue weighted by atomic mass is 10.1. The molecule has 0 saturated heterocycles. The number of hydrogen-bond donors (Lipinski definition) is 1. The van der Waals surface area contributed by atoms with Gasteiger partial charge in [-0.1, -0.05) is 0 Å². The molecule has 1 saturated carbocycles. The predicted octanol–water partition coefficient (Wildman–Crippen LogP) is 2.21. The standard InChI is InChI=1S/C13H10F3NO4/c14-13(15,16)11(20)17-6-12(3-4-12)21-9-2-1-7(10(18)19)5-8(9)17/h1-2,5H,3-4,6H2,(H,18,19). The molecule has 2 aliphatic rings. The summed E-state index contributed by atoms with van der Waals surface area (Å²) in [5.41, 5.74) is -1.13. The molecule has 1 spiro atoms. The third-order valence-electron chi connectivity index (χ3n) is 3.56. The number of anilines is 1. The first kappa shape index (κ1) is 13.7. The van der Waals surface area contributed by atoms with Crippen molar-refractivity contribution in [1.29, 1.82) is 0 Å². The van der Waals surface area contributed by atoms with Crippen molar-refractivity contribution in [3.63, 3.8) is 0 Å². The van der Waals surface area contributed by atoms with E-state index in [-0.39, 0.29) is 23.5 Å². The number of carboxylic acid groups (broad SMARTS) is 1. The molecule has 112 valence electrons. The third kappa shape index (κ3) is 2.30. The molecule has 1 aliphatic heterocycles. The minimum atomic E-state index is -5.02. The normalized spacial score (nSPS) is 18.9. The molecule has 1 aromatic carbocycles. The first-order chi connectivity index (χ1) is 9.72. The number of carboxylic acids is 1. The van der Waals surface area contributed by atoms with E-state index in [9.17, 15) is 22.8 Å². The molecular formula is C13H10F3NO4. The summed E-state index contributed by atoms with van der Waals surface area (Å²) < 4.78 is 43.7. The van der Waals surface area contributed by atoms with Gasteiger partial charge in [-0.2, -0.15) is 13.2 Å². The zero-order valence-corrected chi connectivity index (χ0v) is 10.6. The van der Waals surface area contributed by atoms with Crippen molar-refractivity contribution in [3.8, 4) is 5.75 Å². The summed E-state index contributed by atoms with van der Waals surface area (Å²) >= 11 is 0. The summed E-state index contributed by atoms with van der Waals surface area (Å²) in [6.07, 6.45) is -3.90. The molecule has 1 amide bonds. The number of ether oxygens (including phenoxy) is 1. The second kappa shape index (κ2) is 4.12. The van der Waals surface area contributed by atoms with Crippen LogP contribution in [-0.4, -0.2) is 35.3 Å². The molecule has 5 nitrogen and oxygen atoms in total. The van der Waals surface area contributed by atoms with Gasteiger partial charge in [-0.15, -0.1) is 0 Å². The Hall–Kier alpha value is -2.25. The van der Waals surface area contributed by atoms with Gasteiger partial charge in [0.1, 0.15) is 11.4 Å². The van der Waals surface area contributed by atoms with Crippen molar-refractivity contribution in [1.82, 2.24) is 0 Å². The summed E-state index contributed by atoms with van der Waals surface area (Å²) in [6, 6.07) is 3.55. The molecule has 0 bridgehead atoms. The van der Waals surface area contributed by atoms with Crippen LogP contribution >= 0.6 is 0 Å². The highest BCUT2D eigenvalue weighted by molar-refractivity contribution is 6.00. The van der Waals surface area contributed by atoms with Crippen molar-refractivity contribution in [2.75, 3.05) is 11.4 Å². The second-order valence-electron chi connectivity index (χ2n) is 5.16. The topological polar surface area (TPSA) is 66.8 Å². The van der Waals surface area contributed by atoms with Gasteiger partial charge in [0.2, 0.25) is 0 Å². The Morgan fingerprint density at radius 3 is 2.48 bits per heavy atom. The van der Waals surface area contributed by atoms with Gasteiger partial charge in [0, 0.05) is 0 Å². The van der Waals surface area contributed by atoms with Crippen LogP contribution in [0.2, 0.25) is 0 Å². The SMILES string of the molecule is O=C(O)c1ccc2c(c1)N(C(=O)C(F)(F)F)CC1(CC1)O2. The number of carbonyl (C=O) groups excluding carboxylic acids is 1. The largest absolute Gasteiger partial charge is 0.483 e. The lowest BCUT2D eigenvalue weighted by Crippen LogP contribution is -2.50. The highest BCUT2D eigenvalue weighted by atomic mass is 19.4. The van der Waals surface area contributed by atoms with Gasteiger partial charge in [-0.3, -0.25) is 9.69 Å². The van der Waals surface area contributed by atoms with E-state index in [1.807, 2.05) is 0 Å². The van der Waals surface area contributed by atoms with E-state index in [1.165, 1.54) is 12.1 Å². The Morgan fingerprint density at radius 2 is 1.95 bits per heavy atom. The smallest absolute Gasteiger partial charge is 0.471 e. The maximum Gasteiger partial charge on any atom is 0.471 e. The van der Waals surface area contributed by atoms with E-state index in [0.717, 1.165) is 6.07 Å². The van der Waals surface area contributed by atoms with Crippen LogP contribution in [0.3, 0.4) is 0 Å². The van der Waals surface area contributed by atoms with Crippen molar-refractivity contribution in [2.24, 2.45) is 0 Å². The summed E-state index contributed by atoms with van der Waals surface area (Å²) in [5.74, 6) is -3.20. The number of alkyl halides is 3. The zero-order valence-electron chi connectivity index (χ0n) is 10.6. The first-order valence-electron chi connectivity index (χ1n) is 6.17. The Bertz CT molecular complexity index is 637. The van der Waals surface area contributed by atoms with Gasteiger partial charge in [-0.05, 0) is 31.0 Å². The molecule has 8 heteroatoms. The number of carbonyl (C=O) groups is 2. The van der Waals surface area contributed by atoms with Gasteiger partial charge in [0.15, 0.2) is 0 Å². The van der Waals surface area contributed by atoms with E-state index in [4.69, 9.17) is 9.84 Å². The van der Waals surface area contributed by atoms with Gasteiger partial charge < -0.3 is 9.84 Å². The van der Waals surface area contributed by atoms with Gasteiger partial charge in [-0.25, -0.2) is 4.79 Å². The minimum absolute atomic E-state index is 0.0985. The first-order valence-corrected chi connectivity index (χ1v) is 6.17. The van der Waals surface area contributed by atoms with Gasteiger partial charge in [0.25, 0.3) is 0 Å². The van der Waals surface area contributed by atoms with Crippen LogP contribution in [0, 0.1) is 0 Å². The van der Waals surface area contributed by atoms with Crippen molar-refractivity contribution in [2.45, 2.75) is 24.6 Å². The molecule has 1 N–H and O–H groups in total. The average Bonchev–Trinajstić information content (AvgIpc) is 3.14. The predicted molar refractivity (Wildman–Crippen MR) is 64.4 cm³/mol. The van der Waals surface area contributed by atoms with Crippen molar-refractivity contribution < 1.29 is 32.6 Å². The molecule has 1 fully saturated rings. The van der Waals surface area contributed by atoms with Gasteiger partial charge >= 0.3 is 18.1 Å². The van der Waals surface area contributed by atoms with Crippen LogP contribution in [0.5, 0.6) is 5.75 Å². The highest BCUT2D eigenvalue weighted by Crippen LogP contribution is 2.49. The average molecular weight is 301 g/mol. The monoisotopic (exact) mass is 301 g/mol. The van der Waals surface area contributed by atoms with Crippen molar-refractivity contribution >= 4 is 17.6 Å². The minimum Gasteiger partial charge on any atom is -0.483 e. The summed E-state index contributed by atoms with van der Waals surface area (Å²) in [5, 5.41) is 8.92. The third-order valence-corrected chi connectivity index (χ3v) is 3.56. The fourth-order valence-corrected chi connectivity index (χ4v) is 2.32. The number of benzene rings is 1. The molecule has 0 aromatic heterocycles. The van der Waals surface area contributed by atoms with Crippen LogP contribution in [-0.2, 0) is 4.79 Å². The number of rotatable bonds is 1. The molecule has 0 radical (unpaired) electrons. The number of halogens is 3. The molecular weight excluding hydrogens is 291 g/mol. The summed E-state index contributed by atoms with van der Waals surface area (Å²) in [6.45, 7) is -0.221. The van der Waals surface area contributed by atoms with Crippen LogP contribution in [0.25, 0.3) is 0 Å². The Morgan fingerprint density at radius 1 is 1.29 bits per heavy atom. The van der Waals surface area contributed by atoms with E-state index < -0.39 is 23.7 Å². The van der Waals surface area contributed by atoms with Crippen molar-refractivity contribution in [3.05, 3.63) is 23.8 Å². The quantitative estimate of drug-likeness (QED) is 0.863. The molecule has 1 aliphatic carbocycles. The van der Waals surface area contributed by atoms with Crippen LogP contribution < -0.4 is 9.64 Å². The van der Waals surface area contributed by atoms with Crippen LogP contribution in [0.4, 0.5) is 18.9 Å². The molecule has 0 unspecified atom stereocenters. The molecule has 3 rings (SSSR count). The van der Waals surface area contributed by atoms with E-state index in [2.05, 4.69) is 0 Å². The fourth-order valence-electron chi connectivity index (χ4n) is 2.32. The lowest BCUT2D eigenvalue weighted by Gasteiger charge is -2.35. The molecule has 0 atom stereocenters. The van der Waals surface area contributed by atoms with E-state index in [0.29, 0.717) is 17.7 Å². The highest BCUT2D eigenvalue weighted by Gasteiger charge is 2.55. The lowest BCUT2D eigenvalue weighted by molar-refractivity contribution is -0.171. The number of aromatic carboxylic acids is 1. The number of amides is 1. The van der Waals surface area contributed by atoms with Crippen LogP contribution in [0.1, 0.15) is 23.2 Å². The zero-order chi connectivity index (χ0) is 15.4. The molecule has 1 aromatic rings. The fraction of sp³-hybridized carbons (Fsp3) is 0.385. The Balaban J connectivity index is 2.07. The Labute approximate surface area is 116 Å². The van der Waals surface area contributed by atoms with E-state index >= 15 is 0 Å². The molecule has 1 heterocycles. The Kier molecular flexibility index (Phi) is 2.69. The van der Waals surface area contributed by atoms with E-state index in [1.54, 1.807) is 0 Å². The second-order valence-corrected chi connectivity index (χ2v) is 5.16. The maximum absolute atomic E-state index is 12.7. The summed E-state index contributed by atoms with van der Waals surface area (Å²) in [4.78, 5) is 23.1.